The van der Waals surface area contributed by atoms with Gasteiger partial charge in [0.25, 0.3) is 0 Å². The van der Waals surface area contributed by atoms with E-state index in [1.165, 1.54) is 12.1 Å². The average Bonchev–Trinajstić information content (AvgIpc) is 2.61. The Labute approximate surface area is 141 Å². The molecule has 0 saturated heterocycles. The molecule has 1 N–H and O–H groups in total. The fourth-order valence-corrected chi connectivity index (χ4v) is 2.35. The van der Waals surface area contributed by atoms with Gasteiger partial charge in [0.2, 0.25) is 0 Å². The topological polar surface area (TPSA) is 63.6 Å². The number of phenols is 1. The number of esters is 1. The smallest absolute Gasteiger partial charge is 0.342 e. The highest BCUT2D eigenvalue weighted by atomic mass is 19.2. The van der Waals surface area contributed by atoms with Gasteiger partial charge in [-0.15, -0.1) is 0 Å². The Balaban J connectivity index is 1.75. The number of aromatic hydroxyl groups is 1. The Morgan fingerprint density at radius 3 is 2.28 bits per heavy atom. The molecule has 0 unspecified atom stereocenters. The molecule has 0 aliphatic rings. The van der Waals surface area contributed by atoms with E-state index >= 15 is 0 Å². The molecule has 0 radical (unpaired) electrons. The molecule has 0 saturated carbocycles. The first kappa shape index (κ1) is 16.6. The zero-order valence-corrected chi connectivity index (χ0v) is 12.8. The second-order valence-corrected chi connectivity index (χ2v) is 5.34. The molecule has 3 aromatic carbocycles. The van der Waals surface area contributed by atoms with Gasteiger partial charge in [-0.25, -0.2) is 13.6 Å². The summed E-state index contributed by atoms with van der Waals surface area (Å²) in [4.78, 5) is 24.0. The number of ketones is 1. The maximum atomic E-state index is 13.1. The maximum absolute atomic E-state index is 13.1. The van der Waals surface area contributed by atoms with Gasteiger partial charge in [-0.05, 0) is 41.1 Å². The van der Waals surface area contributed by atoms with Gasteiger partial charge in [0.1, 0.15) is 11.3 Å². The molecule has 6 heteroatoms. The molecule has 0 fully saturated rings. The number of Topliss-reactive ketones (excluding diaryl/α,β-unsaturated/α-hetero) is 1. The van der Waals surface area contributed by atoms with Gasteiger partial charge in [0, 0.05) is 5.56 Å². The molecule has 3 rings (SSSR count). The van der Waals surface area contributed by atoms with Crippen molar-refractivity contribution in [1.82, 2.24) is 0 Å². The highest BCUT2D eigenvalue weighted by Crippen LogP contribution is 2.25. The van der Waals surface area contributed by atoms with Crippen LogP contribution in [-0.4, -0.2) is 23.5 Å². The van der Waals surface area contributed by atoms with E-state index in [2.05, 4.69) is 0 Å². The van der Waals surface area contributed by atoms with Crippen LogP contribution < -0.4 is 0 Å². The number of hydrogen-bond donors (Lipinski definition) is 1. The van der Waals surface area contributed by atoms with Crippen molar-refractivity contribution in [1.29, 1.82) is 0 Å². The molecule has 0 amide bonds. The Morgan fingerprint density at radius 1 is 0.920 bits per heavy atom. The van der Waals surface area contributed by atoms with Crippen molar-refractivity contribution in [2.45, 2.75) is 0 Å². The van der Waals surface area contributed by atoms with Crippen LogP contribution in [0.3, 0.4) is 0 Å². The first-order valence-electron chi connectivity index (χ1n) is 7.33. The van der Waals surface area contributed by atoms with Gasteiger partial charge < -0.3 is 9.84 Å². The highest BCUT2D eigenvalue weighted by Gasteiger charge is 2.17. The van der Waals surface area contributed by atoms with Crippen LogP contribution in [0.1, 0.15) is 20.7 Å². The molecule has 0 aromatic heterocycles. The molecule has 3 aromatic rings. The van der Waals surface area contributed by atoms with Crippen molar-refractivity contribution in [3.05, 3.63) is 77.4 Å². The molecule has 0 heterocycles. The Kier molecular flexibility index (Phi) is 4.43. The van der Waals surface area contributed by atoms with Gasteiger partial charge in [0.05, 0.1) is 0 Å². The summed E-state index contributed by atoms with van der Waals surface area (Å²) in [6.45, 7) is -0.657. The Morgan fingerprint density at radius 2 is 1.60 bits per heavy atom. The van der Waals surface area contributed by atoms with Crippen molar-refractivity contribution in [2.75, 3.05) is 6.61 Å². The zero-order chi connectivity index (χ0) is 18.0. The van der Waals surface area contributed by atoms with Crippen molar-refractivity contribution in [2.24, 2.45) is 0 Å². The monoisotopic (exact) mass is 342 g/mol. The lowest BCUT2D eigenvalue weighted by Gasteiger charge is -2.08. The van der Waals surface area contributed by atoms with Crippen LogP contribution in [0, 0.1) is 11.6 Å². The number of carbonyl (C=O) groups excluding carboxylic acids is 2. The number of benzene rings is 3. The van der Waals surface area contributed by atoms with Crippen LogP contribution in [0.2, 0.25) is 0 Å². The molecular formula is C19H12F2O4. The van der Waals surface area contributed by atoms with Crippen LogP contribution in [-0.2, 0) is 4.74 Å². The molecule has 4 nitrogen and oxygen atoms in total. The molecule has 0 bridgehead atoms. The number of hydrogen-bond acceptors (Lipinski definition) is 4. The van der Waals surface area contributed by atoms with E-state index in [0.717, 1.165) is 29.0 Å². The molecule has 0 aliphatic heterocycles. The summed E-state index contributed by atoms with van der Waals surface area (Å²) < 4.78 is 30.9. The molecular weight excluding hydrogens is 330 g/mol. The minimum Gasteiger partial charge on any atom is -0.507 e. The maximum Gasteiger partial charge on any atom is 0.342 e. The van der Waals surface area contributed by atoms with E-state index in [9.17, 15) is 23.5 Å². The highest BCUT2D eigenvalue weighted by molar-refractivity contribution is 6.01. The molecule has 126 valence electrons. The van der Waals surface area contributed by atoms with Crippen LogP contribution in [0.5, 0.6) is 5.75 Å². The third-order valence-electron chi connectivity index (χ3n) is 3.66. The second kappa shape index (κ2) is 6.68. The average molecular weight is 342 g/mol. The predicted octanol–water partition coefficient (Wildman–Crippen LogP) is 3.86. The number of rotatable bonds is 4. The van der Waals surface area contributed by atoms with Crippen LogP contribution >= 0.6 is 0 Å². The first-order valence-corrected chi connectivity index (χ1v) is 7.33. The molecule has 0 aliphatic carbocycles. The minimum atomic E-state index is -1.16. The van der Waals surface area contributed by atoms with Crippen molar-refractivity contribution < 1.29 is 28.2 Å². The summed E-state index contributed by atoms with van der Waals surface area (Å²) in [5.41, 5.74) is -0.203. The number of halogens is 2. The van der Waals surface area contributed by atoms with Crippen LogP contribution in [0.4, 0.5) is 8.78 Å². The summed E-state index contributed by atoms with van der Waals surface area (Å²) in [6, 6.07) is 12.6. The lowest BCUT2D eigenvalue weighted by molar-refractivity contribution is 0.0472. The largest absolute Gasteiger partial charge is 0.507 e. The van der Waals surface area contributed by atoms with Crippen molar-refractivity contribution in [3.63, 3.8) is 0 Å². The Bertz CT molecular complexity index is 982. The van der Waals surface area contributed by atoms with Crippen molar-refractivity contribution >= 4 is 22.5 Å². The normalized spacial score (nSPS) is 10.6. The van der Waals surface area contributed by atoms with E-state index in [4.69, 9.17) is 4.74 Å². The fourth-order valence-electron chi connectivity index (χ4n) is 2.35. The third-order valence-corrected chi connectivity index (χ3v) is 3.66. The SMILES string of the molecule is O=C(COC(=O)c1cc2ccccc2cc1O)c1ccc(F)c(F)c1. The summed E-state index contributed by atoms with van der Waals surface area (Å²) >= 11 is 0. The molecule has 0 atom stereocenters. The Hall–Kier alpha value is -3.28. The van der Waals surface area contributed by atoms with Crippen LogP contribution in [0.15, 0.2) is 54.6 Å². The number of carbonyl (C=O) groups is 2. The summed E-state index contributed by atoms with van der Waals surface area (Å²) in [5, 5.41) is 11.4. The van der Waals surface area contributed by atoms with Gasteiger partial charge in [0.15, 0.2) is 24.0 Å². The number of ether oxygens (including phenoxy) is 1. The van der Waals surface area contributed by atoms with Gasteiger partial charge in [-0.2, -0.15) is 0 Å². The first-order chi connectivity index (χ1) is 12.0. The number of fused-ring (bicyclic) bond motifs is 1. The zero-order valence-electron chi connectivity index (χ0n) is 12.8. The minimum absolute atomic E-state index is 0.0863. The lowest BCUT2D eigenvalue weighted by Crippen LogP contribution is -2.14. The predicted molar refractivity (Wildman–Crippen MR) is 86.6 cm³/mol. The van der Waals surface area contributed by atoms with Crippen LogP contribution in [0.25, 0.3) is 10.8 Å². The quantitative estimate of drug-likeness (QED) is 0.578. The van der Waals surface area contributed by atoms with Gasteiger partial charge in [-0.1, -0.05) is 24.3 Å². The van der Waals surface area contributed by atoms with E-state index in [-0.39, 0.29) is 16.9 Å². The van der Waals surface area contributed by atoms with Gasteiger partial charge in [-0.3, -0.25) is 4.79 Å². The summed E-state index contributed by atoms with van der Waals surface area (Å²) in [5.74, 6) is -4.09. The second-order valence-electron chi connectivity index (χ2n) is 5.34. The van der Waals surface area contributed by atoms with E-state index < -0.39 is 30.0 Å². The molecule has 0 spiro atoms. The van der Waals surface area contributed by atoms with Crippen molar-refractivity contribution in [3.8, 4) is 5.75 Å². The number of phenolic OH excluding ortho intramolecular Hbond substituents is 1. The van der Waals surface area contributed by atoms with E-state index in [1.54, 1.807) is 24.3 Å². The molecule has 25 heavy (non-hydrogen) atoms. The fraction of sp³-hybridized carbons (Fsp3) is 0.0526. The summed E-state index contributed by atoms with van der Waals surface area (Å²) in [7, 11) is 0. The lowest BCUT2D eigenvalue weighted by atomic mass is 10.1. The van der Waals surface area contributed by atoms with E-state index in [1.807, 2.05) is 0 Å². The standard InChI is InChI=1S/C19H12F2O4/c20-15-6-5-13(8-16(15)21)18(23)10-25-19(24)14-7-11-3-1-2-4-12(11)9-17(14)22/h1-9,22H,10H2. The van der Waals surface area contributed by atoms with E-state index in [0.29, 0.717) is 0 Å². The third kappa shape index (κ3) is 3.47. The summed E-state index contributed by atoms with van der Waals surface area (Å²) in [6.07, 6.45) is 0. The van der Waals surface area contributed by atoms with Gasteiger partial charge >= 0.3 is 5.97 Å².